The number of benzene rings is 1. The molecule has 6 nitrogen and oxygen atoms in total. The van der Waals surface area contributed by atoms with Gasteiger partial charge in [-0.25, -0.2) is 13.4 Å². The van der Waals surface area contributed by atoms with Gasteiger partial charge in [-0.1, -0.05) is 18.2 Å². The molecule has 24 heavy (non-hydrogen) atoms. The summed E-state index contributed by atoms with van der Waals surface area (Å²) in [5.41, 5.74) is 4.57. The summed E-state index contributed by atoms with van der Waals surface area (Å²) in [6.45, 7) is 6.19. The zero-order valence-corrected chi connectivity index (χ0v) is 14.9. The Bertz CT molecular complexity index is 948. The fraction of sp³-hybridized carbons (Fsp3) is 0.412. The third-order valence-electron chi connectivity index (χ3n) is 4.59. The number of nitrogens with zero attached hydrogens (tertiary/aromatic N) is 2. The van der Waals surface area contributed by atoms with E-state index in [1.54, 1.807) is 0 Å². The van der Waals surface area contributed by atoms with Crippen molar-refractivity contribution in [3.05, 3.63) is 56.5 Å². The van der Waals surface area contributed by atoms with Gasteiger partial charge in [0.05, 0.1) is 11.3 Å². The van der Waals surface area contributed by atoms with Crippen LogP contribution in [0.25, 0.3) is 0 Å². The molecule has 0 radical (unpaired) electrons. The Labute approximate surface area is 141 Å². The quantitative estimate of drug-likeness (QED) is 0.848. The average molecular weight is 347 g/mol. The monoisotopic (exact) mass is 347 g/mol. The lowest BCUT2D eigenvalue weighted by molar-refractivity contribution is 0.240. The highest BCUT2D eigenvalue weighted by Gasteiger charge is 2.23. The standard InChI is InChI=1S/C17H21N3O3S/c1-11-5-4-6-13(12(11)2)9-20-8-7-15-14(10-20)16(21)19-17(18-15)24(3,22)23/h4-6H,7-10H2,1-3H3,(H,18,19,21). The highest BCUT2D eigenvalue weighted by atomic mass is 32.2. The topological polar surface area (TPSA) is 83.1 Å². The van der Waals surface area contributed by atoms with Gasteiger partial charge in [-0.2, -0.15) is 0 Å². The summed E-state index contributed by atoms with van der Waals surface area (Å²) in [5, 5.41) is -0.241. The van der Waals surface area contributed by atoms with Gasteiger partial charge in [-0.3, -0.25) is 14.7 Å². The van der Waals surface area contributed by atoms with Crippen LogP contribution in [-0.4, -0.2) is 36.1 Å². The van der Waals surface area contributed by atoms with Gasteiger partial charge >= 0.3 is 0 Å². The molecule has 3 rings (SSSR count). The van der Waals surface area contributed by atoms with Crippen LogP contribution >= 0.6 is 0 Å². The fourth-order valence-electron chi connectivity index (χ4n) is 2.99. The summed E-state index contributed by atoms with van der Waals surface area (Å²) >= 11 is 0. The van der Waals surface area contributed by atoms with Gasteiger partial charge in [0.1, 0.15) is 0 Å². The first-order valence-electron chi connectivity index (χ1n) is 7.85. The van der Waals surface area contributed by atoms with Gasteiger partial charge in [-0.05, 0) is 30.5 Å². The first-order valence-corrected chi connectivity index (χ1v) is 9.74. The fourth-order valence-corrected chi connectivity index (χ4v) is 3.55. The molecule has 7 heteroatoms. The summed E-state index contributed by atoms with van der Waals surface area (Å²) in [6.07, 6.45) is 1.62. The summed E-state index contributed by atoms with van der Waals surface area (Å²) in [7, 11) is -3.51. The highest BCUT2D eigenvalue weighted by molar-refractivity contribution is 7.90. The average Bonchev–Trinajstić information content (AvgIpc) is 2.51. The summed E-state index contributed by atoms with van der Waals surface area (Å²) in [6, 6.07) is 6.24. The van der Waals surface area contributed by atoms with Crippen LogP contribution < -0.4 is 5.56 Å². The van der Waals surface area contributed by atoms with Crippen molar-refractivity contribution in [2.75, 3.05) is 12.8 Å². The molecule has 2 heterocycles. The largest absolute Gasteiger partial charge is 0.297 e. The number of nitrogens with one attached hydrogen (secondary N) is 1. The van der Waals surface area contributed by atoms with Crippen LogP contribution in [-0.2, 0) is 29.3 Å². The van der Waals surface area contributed by atoms with Gasteiger partial charge in [0, 0.05) is 32.3 Å². The maximum atomic E-state index is 12.3. The number of hydrogen-bond donors (Lipinski definition) is 1. The molecule has 128 valence electrons. The molecule has 0 atom stereocenters. The number of fused-ring (bicyclic) bond motifs is 1. The summed E-state index contributed by atoms with van der Waals surface area (Å²) < 4.78 is 23.2. The summed E-state index contributed by atoms with van der Waals surface area (Å²) in [4.78, 5) is 21.0. The maximum Gasteiger partial charge on any atom is 0.256 e. The molecular formula is C17H21N3O3S. The van der Waals surface area contributed by atoms with Crippen LogP contribution in [0, 0.1) is 13.8 Å². The Morgan fingerprint density at radius 3 is 2.75 bits per heavy atom. The lowest BCUT2D eigenvalue weighted by Crippen LogP contribution is -2.36. The minimum absolute atomic E-state index is 0.241. The molecule has 0 saturated carbocycles. The van der Waals surface area contributed by atoms with E-state index in [2.05, 4.69) is 40.8 Å². The van der Waals surface area contributed by atoms with E-state index in [-0.39, 0.29) is 10.7 Å². The molecule has 1 aromatic carbocycles. The van der Waals surface area contributed by atoms with Crippen LogP contribution in [0.2, 0.25) is 0 Å². The maximum absolute atomic E-state index is 12.3. The van der Waals surface area contributed by atoms with E-state index in [4.69, 9.17) is 0 Å². The Hall–Kier alpha value is -1.99. The number of sulfone groups is 1. The van der Waals surface area contributed by atoms with Crippen LogP contribution in [0.15, 0.2) is 28.2 Å². The predicted octanol–water partition coefficient (Wildman–Crippen LogP) is 1.35. The minimum Gasteiger partial charge on any atom is -0.297 e. The Morgan fingerprint density at radius 1 is 1.29 bits per heavy atom. The number of H-pyrrole nitrogens is 1. The van der Waals surface area contributed by atoms with E-state index in [0.717, 1.165) is 19.3 Å². The molecule has 0 spiro atoms. The van der Waals surface area contributed by atoms with E-state index in [1.165, 1.54) is 16.7 Å². The molecular weight excluding hydrogens is 326 g/mol. The molecule has 0 unspecified atom stereocenters. The molecule has 0 aliphatic carbocycles. The smallest absolute Gasteiger partial charge is 0.256 e. The molecule has 1 aromatic heterocycles. The van der Waals surface area contributed by atoms with Crippen molar-refractivity contribution in [3.63, 3.8) is 0 Å². The number of aromatic amines is 1. The van der Waals surface area contributed by atoms with Gasteiger partial charge in [0.25, 0.3) is 5.56 Å². The van der Waals surface area contributed by atoms with Crippen molar-refractivity contribution in [1.82, 2.24) is 14.9 Å². The first-order chi connectivity index (χ1) is 11.3. The predicted molar refractivity (Wildman–Crippen MR) is 91.7 cm³/mol. The summed E-state index contributed by atoms with van der Waals surface area (Å²) in [5.74, 6) is 0. The Kier molecular flexibility index (Phi) is 4.31. The van der Waals surface area contributed by atoms with Crippen LogP contribution in [0.1, 0.15) is 27.9 Å². The van der Waals surface area contributed by atoms with E-state index < -0.39 is 9.84 Å². The lowest BCUT2D eigenvalue weighted by Gasteiger charge is -2.28. The molecule has 0 saturated heterocycles. The second-order valence-corrected chi connectivity index (χ2v) is 8.32. The molecule has 1 aliphatic heterocycles. The van der Waals surface area contributed by atoms with E-state index in [1.807, 2.05) is 6.07 Å². The van der Waals surface area contributed by atoms with E-state index >= 15 is 0 Å². The number of rotatable bonds is 3. The Balaban J connectivity index is 1.87. The molecule has 1 aliphatic rings. The van der Waals surface area contributed by atoms with Crippen molar-refractivity contribution < 1.29 is 8.42 Å². The zero-order valence-electron chi connectivity index (χ0n) is 14.1. The van der Waals surface area contributed by atoms with Crippen molar-refractivity contribution in [2.24, 2.45) is 0 Å². The van der Waals surface area contributed by atoms with E-state index in [9.17, 15) is 13.2 Å². The SMILES string of the molecule is Cc1cccc(CN2CCc3nc(S(C)(=O)=O)[nH]c(=O)c3C2)c1C. The van der Waals surface area contributed by atoms with Crippen molar-refractivity contribution in [3.8, 4) is 0 Å². The van der Waals surface area contributed by atoms with Crippen LogP contribution in [0.5, 0.6) is 0 Å². The van der Waals surface area contributed by atoms with Gasteiger partial charge in [0.15, 0.2) is 0 Å². The number of hydrogen-bond acceptors (Lipinski definition) is 5. The molecule has 2 aromatic rings. The highest BCUT2D eigenvalue weighted by Crippen LogP contribution is 2.20. The van der Waals surface area contributed by atoms with Crippen molar-refractivity contribution >= 4 is 9.84 Å². The van der Waals surface area contributed by atoms with Gasteiger partial charge in [-0.15, -0.1) is 0 Å². The lowest BCUT2D eigenvalue weighted by atomic mass is 10.0. The second-order valence-electron chi connectivity index (χ2n) is 6.39. The van der Waals surface area contributed by atoms with Crippen LogP contribution in [0.4, 0.5) is 0 Å². The normalized spacial score (nSPS) is 15.3. The first kappa shape index (κ1) is 16.9. The van der Waals surface area contributed by atoms with Crippen LogP contribution in [0.3, 0.4) is 0 Å². The third kappa shape index (κ3) is 3.27. The Morgan fingerprint density at radius 2 is 2.04 bits per heavy atom. The van der Waals surface area contributed by atoms with Gasteiger partial charge < -0.3 is 0 Å². The van der Waals surface area contributed by atoms with Gasteiger partial charge in [0.2, 0.25) is 15.0 Å². The number of aromatic nitrogens is 2. The molecule has 0 fully saturated rings. The number of aryl methyl sites for hydroxylation is 1. The van der Waals surface area contributed by atoms with Crippen molar-refractivity contribution in [1.29, 1.82) is 0 Å². The minimum atomic E-state index is -3.51. The molecule has 0 bridgehead atoms. The molecule has 1 N–H and O–H groups in total. The zero-order chi connectivity index (χ0) is 17.5. The van der Waals surface area contributed by atoms with E-state index in [0.29, 0.717) is 24.2 Å². The van der Waals surface area contributed by atoms with Crippen molar-refractivity contribution in [2.45, 2.75) is 38.5 Å². The second kappa shape index (κ2) is 6.14. The molecule has 0 amide bonds. The third-order valence-corrected chi connectivity index (χ3v) is 5.48.